The number of hydrogen-bond acceptors (Lipinski definition) is 3. The number of pyridine rings is 2. The molecule has 2 aromatic rings. The number of carbonyl (C=O) groups is 1. The van der Waals surface area contributed by atoms with Crippen molar-refractivity contribution in [2.75, 3.05) is 0 Å². The molecule has 2 aromatic heterocycles. The number of rotatable bonds is 2. The first kappa shape index (κ1) is 10.1. The Morgan fingerprint density at radius 2 is 2.31 bits per heavy atom. The molecule has 1 N–H and O–H groups in total. The molecule has 0 aliphatic carbocycles. The Kier molecular flexibility index (Phi) is 2.28. The second kappa shape index (κ2) is 3.62. The van der Waals surface area contributed by atoms with E-state index >= 15 is 0 Å². The number of aromatic nitrogens is 2. The molecule has 0 atom stereocenters. The highest BCUT2D eigenvalue weighted by atomic mass is 16.4. The van der Waals surface area contributed by atoms with Crippen LogP contribution in [-0.2, 0) is 0 Å². The van der Waals surface area contributed by atoms with E-state index in [-0.39, 0.29) is 10.9 Å². The van der Waals surface area contributed by atoms with Gasteiger partial charge in [0, 0.05) is 18.6 Å². The van der Waals surface area contributed by atoms with Gasteiger partial charge in [-0.25, -0.2) is 9.78 Å². The van der Waals surface area contributed by atoms with E-state index < -0.39 is 11.4 Å². The molecule has 16 heavy (non-hydrogen) atoms. The van der Waals surface area contributed by atoms with Gasteiger partial charge in [0.1, 0.15) is 11.2 Å². The highest BCUT2D eigenvalue weighted by molar-refractivity contribution is 5.92. The largest absolute Gasteiger partial charge is 0.477 e. The third-order valence-corrected chi connectivity index (χ3v) is 2.22. The molecule has 2 rings (SSSR count). The Hall–Kier alpha value is -2.43. The van der Waals surface area contributed by atoms with Crippen LogP contribution in [0.4, 0.5) is 0 Å². The number of carboxylic acids is 1. The van der Waals surface area contributed by atoms with E-state index in [0.717, 1.165) is 0 Å². The van der Waals surface area contributed by atoms with Gasteiger partial charge in [-0.1, -0.05) is 6.58 Å². The Morgan fingerprint density at radius 3 is 2.94 bits per heavy atom. The van der Waals surface area contributed by atoms with E-state index in [2.05, 4.69) is 11.6 Å². The number of nitrogens with zero attached hydrogens (tertiary/aromatic N) is 2. The van der Waals surface area contributed by atoms with Crippen LogP contribution in [0.1, 0.15) is 10.4 Å². The van der Waals surface area contributed by atoms with Gasteiger partial charge in [0.25, 0.3) is 0 Å². The zero-order valence-electron chi connectivity index (χ0n) is 8.25. The van der Waals surface area contributed by atoms with E-state index in [1.165, 1.54) is 29.2 Å². The summed E-state index contributed by atoms with van der Waals surface area (Å²) in [6.07, 6.45) is 4.15. The van der Waals surface area contributed by atoms with Crippen molar-refractivity contribution in [2.24, 2.45) is 0 Å². The van der Waals surface area contributed by atoms with E-state index in [0.29, 0.717) is 5.65 Å². The molecule has 5 nitrogen and oxygen atoms in total. The molecule has 0 bridgehead atoms. The van der Waals surface area contributed by atoms with Crippen LogP contribution in [0.2, 0.25) is 0 Å². The van der Waals surface area contributed by atoms with Crippen molar-refractivity contribution in [3.8, 4) is 0 Å². The minimum absolute atomic E-state index is 0.266. The predicted octanol–water partition coefficient (Wildman–Crippen LogP) is 1.20. The van der Waals surface area contributed by atoms with Gasteiger partial charge in [0.2, 0.25) is 5.43 Å². The summed E-state index contributed by atoms with van der Waals surface area (Å²) in [6, 6.07) is 3.12. The van der Waals surface area contributed by atoms with E-state index in [1.54, 1.807) is 6.07 Å². The first-order valence-corrected chi connectivity index (χ1v) is 4.51. The van der Waals surface area contributed by atoms with Crippen LogP contribution in [0.15, 0.2) is 35.9 Å². The minimum Gasteiger partial charge on any atom is -0.477 e. The molecule has 0 fully saturated rings. The van der Waals surface area contributed by atoms with Crippen molar-refractivity contribution in [3.63, 3.8) is 0 Å². The number of fused-ring (bicyclic) bond motifs is 1. The van der Waals surface area contributed by atoms with Crippen molar-refractivity contribution in [3.05, 3.63) is 46.9 Å². The first-order chi connectivity index (χ1) is 7.65. The van der Waals surface area contributed by atoms with Gasteiger partial charge in [-0.05, 0) is 12.1 Å². The first-order valence-electron chi connectivity index (χ1n) is 4.51. The van der Waals surface area contributed by atoms with Crippen LogP contribution in [0, 0.1) is 0 Å². The van der Waals surface area contributed by atoms with E-state index in [1.807, 2.05) is 0 Å². The summed E-state index contributed by atoms with van der Waals surface area (Å²) in [5, 5.41) is 9.14. The molecule has 0 aliphatic heterocycles. The highest BCUT2D eigenvalue weighted by Crippen LogP contribution is 2.08. The lowest BCUT2D eigenvalue weighted by atomic mass is 10.2. The third kappa shape index (κ3) is 1.38. The van der Waals surface area contributed by atoms with Crippen molar-refractivity contribution in [1.29, 1.82) is 0 Å². The van der Waals surface area contributed by atoms with Crippen molar-refractivity contribution in [1.82, 2.24) is 9.55 Å². The van der Waals surface area contributed by atoms with Gasteiger partial charge in [-0.2, -0.15) is 0 Å². The van der Waals surface area contributed by atoms with E-state index in [9.17, 15) is 9.59 Å². The lowest BCUT2D eigenvalue weighted by Crippen LogP contribution is -2.17. The maximum atomic E-state index is 11.8. The molecular formula is C11H8N2O3. The number of aromatic carboxylic acids is 1. The van der Waals surface area contributed by atoms with Crippen LogP contribution in [0.25, 0.3) is 17.2 Å². The third-order valence-electron chi connectivity index (χ3n) is 2.22. The summed E-state index contributed by atoms with van der Waals surface area (Å²) in [7, 11) is 0. The fraction of sp³-hybridized carbons (Fsp3) is 0. The second-order valence-electron chi connectivity index (χ2n) is 3.14. The topological polar surface area (TPSA) is 72.2 Å². The lowest BCUT2D eigenvalue weighted by molar-refractivity contribution is 0.0695. The summed E-state index contributed by atoms with van der Waals surface area (Å²) in [4.78, 5) is 26.6. The molecule has 5 heteroatoms. The van der Waals surface area contributed by atoms with Gasteiger partial charge in [-0.3, -0.25) is 4.79 Å². The van der Waals surface area contributed by atoms with Crippen LogP contribution < -0.4 is 5.43 Å². The maximum Gasteiger partial charge on any atom is 0.341 e. The van der Waals surface area contributed by atoms with Crippen LogP contribution >= 0.6 is 0 Å². The summed E-state index contributed by atoms with van der Waals surface area (Å²) in [5.41, 5.74) is -0.429. The van der Waals surface area contributed by atoms with Crippen molar-refractivity contribution >= 4 is 23.2 Å². The van der Waals surface area contributed by atoms with Gasteiger partial charge in [0.05, 0.1) is 5.39 Å². The number of carboxylic acid groups (broad SMARTS) is 1. The number of hydrogen-bond donors (Lipinski definition) is 1. The predicted molar refractivity (Wildman–Crippen MR) is 59.3 cm³/mol. The maximum absolute atomic E-state index is 11.8. The summed E-state index contributed by atoms with van der Waals surface area (Å²) < 4.78 is 1.42. The molecule has 2 heterocycles. The van der Waals surface area contributed by atoms with Gasteiger partial charge < -0.3 is 9.67 Å². The minimum atomic E-state index is -1.26. The molecule has 0 unspecified atom stereocenters. The molecule has 0 saturated heterocycles. The average Bonchev–Trinajstić information content (AvgIpc) is 2.29. The smallest absolute Gasteiger partial charge is 0.341 e. The fourth-order valence-electron chi connectivity index (χ4n) is 1.48. The Labute approximate surface area is 90.3 Å². The summed E-state index contributed by atoms with van der Waals surface area (Å²) >= 11 is 0. The van der Waals surface area contributed by atoms with Crippen LogP contribution in [0.3, 0.4) is 0 Å². The molecular weight excluding hydrogens is 208 g/mol. The van der Waals surface area contributed by atoms with Gasteiger partial charge in [-0.15, -0.1) is 0 Å². The summed E-state index contributed by atoms with van der Waals surface area (Å²) in [5.74, 6) is -1.26. The Balaban J connectivity index is 3.00. The standard InChI is InChI=1S/C11H8N2O3/c1-2-13-6-8(11(15)16)9(14)7-4-3-5-12-10(7)13/h2-6H,1H2,(H,15,16). The lowest BCUT2D eigenvalue weighted by Gasteiger charge is -2.05. The summed E-state index contributed by atoms with van der Waals surface area (Å²) in [6.45, 7) is 3.54. The highest BCUT2D eigenvalue weighted by Gasteiger charge is 2.13. The molecule has 0 radical (unpaired) electrons. The SMILES string of the molecule is C=Cn1cc(C(=O)O)c(=O)c2cccnc21. The van der Waals surface area contributed by atoms with Gasteiger partial charge >= 0.3 is 5.97 Å². The van der Waals surface area contributed by atoms with Crippen LogP contribution in [-0.4, -0.2) is 20.6 Å². The van der Waals surface area contributed by atoms with Crippen molar-refractivity contribution in [2.45, 2.75) is 0 Å². The van der Waals surface area contributed by atoms with Gasteiger partial charge in [0.15, 0.2) is 0 Å². The monoisotopic (exact) mass is 216 g/mol. The molecule has 80 valence electrons. The molecule has 0 saturated carbocycles. The van der Waals surface area contributed by atoms with Crippen molar-refractivity contribution < 1.29 is 9.90 Å². The Morgan fingerprint density at radius 1 is 1.56 bits per heavy atom. The second-order valence-corrected chi connectivity index (χ2v) is 3.14. The fourth-order valence-corrected chi connectivity index (χ4v) is 1.48. The quantitative estimate of drug-likeness (QED) is 0.818. The molecule has 0 amide bonds. The Bertz CT molecular complexity index is 643. The van der Waals surface area contributed by atoms with E-state index in [4.69, 9.17) is 5.11 Å². The zero-order valence-corrected chi connectivity index (χ0v) is 8.25. The molecule has 0 aliphatic rings. The normalized spacial score (nSPS) is 10.2. The molecule has 0 aromatic carbocycles. The van der Waals surface area contributed by atoms with Crippen LogP contribution in [0.5, 0.6) is 0 Å². The molecule has 0 spiro atoms. The average molecular weight is 216 g/mol. The zero-order chi connectivity index (χ0) is 11.7.